The van der Waals surface area contributed by atoms with Gasteiger partial charge < -0.3 is 75.1 Å². The smallest absolute Gasteiger partial charge is 0.177 e. The van der Waals surface area contributed by atoms with Crippen LogP contribution in [0.5, 0.6) is 0 Å². The van der Waals surface area contributed by atoms with Gasteiger partial charge >= 0.3 is 0 Å². The summed E-state index contributed by atoms with van der Waals surface area (Å²) in [5, 5.41) is 126. The first-order valence-electron chi connectivity index (χ1n) is 29.4. The van der Waals surface area contributed by atoms with Crippen LogP contribution in [0.3, 0.4) is 0 Å². The quantitative estimate of drug-likeness (QED) is 0.142. The molecule has 0 radical (unpaired) electrons. The molecular weight excluding hydrogens is 1100 g/mol. The highest BCUT2D eigenvalue weighted by molar-refractivity contribution is 5.97. The van der Waals surface area contributed by atoms with E-state index in [0.717, 1.165) is 0 Å². The van der Waals surface area contributed by atoms with Gasteiger partial charge in [-0.1, -0.05) is 113 Å². The summed E-state index contributed by atoms with van der Waals surface area (Å²) in [6, 6.07) is 0. The first-order valence-corrected chi connectivity index (χ1v) is 29.4. The van der Waals surface area contributed by atoms with E-state index in [1.54, 1.807) is 71.9 Å². The summed E-state index contributed by atoms with van der Waals surface area (Å²) in [4.78, 5) is 72.9. The zero-order valence-corrected chi connectivity index (χ0v) is 49.5. The number of rotatable bonds is 4. The van der Waals surface area contributed by atoms with E-state index >= 15 is 14.4 Å². The SMILES string of the molecule is C/C1=C/C=C\[C@]2(C)C=C(CO)[C@@H](C)C[C@@]23O[C@H](O)[C@@H](C3=O)[C@@H](O)/C=C\[C@@]2(C)C=C(CO)[C@H](C)C[C@@]23O[C@@H](O)[C@H](C3=O)[C@@H](O)/C(C)=C\C=C/[C@@H]2C=C(CO)[C@H](C)C[C@]23O[C@H](O)[C@H](C3=O)[C@H](O)/C=C\[C@@]2(C)C=C(C=O)[C@@H](C)C[C@]23O[C@H](O)[C@@H](C3=O)[C@H]1O. The molecular formula is C65H84O20. The number of hydrogen-bond acceptors (Lipinski definition) is 20. The second-order valence-corrected chi connectivity index (χ2v) is 26.3. The fourth-order valence-electron chi connectivity index (χ4n) is 15.6. The molecule has 4 aliphatic heterocycles. The van der Waals surface area contributed by atoms with Gasteiger partial charge in [-0.05, 0) is 117 Å². The average Bonchev–Trinajstić information content (AvgIpc) is 1.67. The number of aliphatic hydroxyl groups excluding tert-OH is 11. The van der Waals surface area contributed by atoms with Gasteiger partial charge in [-0.25, -0.2) is 0 Å². The Morgan fingerprint density at radius 1 is 0.482 bits per heavy atom. The monoisotopic (exact) mass is 1180 g/mol. The minimum Gasteiger partial charge on any atom is -0.392 e. The summed E-state index contributed by atoms with van der Waals surface area (Å²) >= 11 is 0. The van der Waals surface area contributed by atoms with Crippen molar-refractivity contribution in [2.45, 2.75) is 160 Å². The maximum atomic E-state index is 15.2. The van der Waals surface area contributed by atoms with Gasteiger partial charge in [-0.3, -0.25) is 24.0 Å². The van der Waals surface area contributed by atoms with Crippen LogP contribution in [0.25, 0.3) is 0 Å². The number of Topliss-reactive ketones (excluding diaryl/α,β-unsaturated/α-hetero) is 4. The lowest BCUT2D eigenvalue weighted by Crippen LogP contribution is -2.55. The number of allylic oxidation sites excluding steroid dienone is 5. The van der Waals surface area contributed by atoms with Crippen molar-refractivity contribution in [1.82, 2.24) is 0 Å². The van der Waals surface area contributed by atoms with Crippen molar-refractivity contribution >= 4 is 29.4 Å². The van der Waals surface area contributed by atoms with Crippen LogP contribution in [0, 0.1) is 69.5 Å². The molecule has 9 rings (SSSR count). The van der Waals surface area contributed by atoms with Crippen LogP contribution in [0.2, 0.25) is 0 Å². The van der Waals surface area contributed by atoms with Crippen LogP contribution in [-0.2, 0) is 42.9 Å². The van der Waals surface area contributed by atoms with Crippen molar-refractivity contribution in [3.05, 3.63) is 119 Å². The van der Waals surface area contributed by atoms with E-state index in [0.29, 0.717) is 23.0 Å². The lowest BCUT2D eigenvalue weighted by atomic mass is 9.59. The van der Waals surface area contributed by atoms with Crippen molar-refractivity contribution in [2.75, 3.05) is 19.8 Å². The Morgan fingerprint density at radius 3 is 1.34 bits per heavy atom. The zero-order valence-electron chi connectivity index (χ0n) is 49.5. The normalized spacial score (nSPS) is 50.6. The van der Waals surface area contributed by atoms with Gasteiger partial charge in [0.15, 0.2) is 48.3 Å². The van der Waals surface area contributed by atoms with Gasteiger partial charge in [0.25, 0.3) is 0 Å². The van der Waals surface area contributed by atoms with Crippen LogP contribution < -0.4 is 0 Å². The predicted molar refractivity (Wildman–Crippen MR) is 304 cm³/mol. The topological polar surface area (TPSA) is 345 Å². The molecule has 0 aromatic rings. The third-order valence-electron chi connectivity index (χ3n) is 21.0. The Kier molecular flexibility index (Phi) is 17.7. The van der Waals surface area contributed by atoms with Crippen LogP contribution in [0.15, 0.2) is 119 Å². The van der Waals surface area contributed by atoms with Gasteiger partial charge in [0.2, 0.25) is 0 Å². The molecule has 4 saturated heterocycles. The second kappa shape index (κ2) is 23.3. The van der Waals surface area contributed by atoms with Gasteiger partial charge in [0.1, 0.15) is 52.4 Å². The molecule has 5 aliphatic carbocycles. The van der Waals surface area contributed by atoms with Crippen LogP contribution >= 0.6 is 0 Å². The fourth-order valence-corrected chi connectivity index (χ4v) is 15.6. The molecule has 4 heterocycles. The summed E-state index contributed by atoms with van der Waals surface area (Å²) in [7, 11) is 0. The highest BCUT2D eigenvalue weighted by Gasteiger charge is 2.69. The summed E-state index contributed by atoms with van der Waals surface area (Å²) < 4.78 is 25.1. The highest BCUT2D eigenvalue weighted by Crippen LogP contribution is 2.58. The van der Waals surface area contributed by atoms with E-state index in [2.05, 4.69) is 0 Å². The molecule has 0 saturated carbocycles. The molecule has 0 unspecified atom stereocenters. The minimum atomic E-state index is -1.98. The maximum Gasteiger partial charge on any atom is 0.177 e. The summed E-state index contributed by atoms with van der Waals surface area (Å²) in [5.41, 5.74) is -10.2. The Hall–Kier alpha value is -4.85. The number of ether oxygens (including phenoxy) is 4. The molecule has 24 atom stereocenters. The van der Waals surface area contributed by atoms with Crippen LogP contribution in [-0.4, -0.2) is 177 Å². The van der Waals surface area contributed by atoms with Crippen molar-refractivity contribution < 1.29 is 99.1 Å². The number of hydrogen-bond donors (Lipinski definition) is 11. The first-order chi connectivity index (χ1) is 39.8. The number of carbonyl (C=O) groups is 5. The first kappa shape index (κ1) is 64.6. The summed E-state index contributed by atoms with van der Waals surface area (Å²) in [6.07, 6.45) is 6.14. The molecule has 464 valence electrons. The molecule has 11 N–H and O–H groups in total. The van der Waals surface area contributed by atoms with Crippen molar-refractivity contribution in [3.63, 3.8) is 0 Å². The van der Waals surface area contributed by atoms with E-state index in [9.17, 15) is 65.8 Å². The number of aliphatic hydroxyl groups is 11. The molecule has 0 aromatic carbocycles. The Bertz CT molecular complexity index is 3040. The Morgan fingerprint density at radius 2 is 0.871 bits per heavy atom. The van der Waals surface area contributed by atoms with E-state index < -0.39 is 178 Å². The number of aldehydes is 1. The summed E-state index contributed by atoms with van der Waals surface area (Å²) in [6.45, 7) is 13.5. The second-order valence-electron chi connectivity index (χ2n) is 26.3. The molecule has 85 heavy (non-hydrogen) atoms. The molecule has 9 aliphatic rings. The van der Waals surface area contributed by atoms with Crippen LogP contribution in [0.4, 0.5) is 0 Å². The highest BCUT2D eigenvalue weighted by atomic mass is 16.6. The molecule has 0 amide bonds. The molecule has 4 fully saturated rings. The zero-order chi connectivity index (χ0) is 62.5. The van der Waals surface area contributed by atoms with Gasteiger partial charge in [0.05, 0.1) is 44.2 Å². The lowest BCUT2D eigenvalue weighted by molar-refractivity contribution is -0.186. The molecule has 4 spiro atoms. The number of carbonyl (C=O) groups excluding carboxylic acids is 5. The third-order valence-corrected chi connectivity index (χ3v) is 21.0. The number of ketones is 4. The number of fused-ring (bicyclic) bond motifs is 4. The minimum absolute atomic E-state index is 0.0516. The molecule has 20 heteroatoms. The Balaban J connectivity index is 1.17. The van der Waals surface area contributed by atoms with Crippen molar-refractivity contribution in [1.29, 1.82) is 0 Å². The van der Waals surface area contributed by atoms with E-state index in [4.69, 9.17) is 18.9 Å². The Labute approximate surface area is 494 Å². The van der Waals surface area contributed by atoms with Gasteiger partial charge in [0, 0.05) is 22.2 Å². The maximum absolute atomic E-state index is 15.2. The fraction of sp³-hybridized carbons (Fsp3) is 0.615. The third kappa shape index (κ3) is 10.1. The standard InChI is InChI=1S/C65H84O20/c1-32-12-10-14-42-20-38(28-66)34(3)21-62(42)51(74)45(55(78)82-62)43(70)15-18-60(8)26-40(30-68)37(6)24-65(60)54(77)48(58(81)85-65)50(73)33(2)13-11-17-59(7)25-39(29-67)35(4)22-63(59)52(75)46(56(79)83-63)44(71)16-19-61(9)27-41(31-69)36(5)23-64(61)53(76)47(49(32)72)57(80)84-64/h10-20,25-27,30,34-37,42-50,55-58,66-67,69-73,78-81H,21-24,28-29,31H2,1-9H3/b14-10-,17-11-,18-15-,19-16-,32-12-,33-13-/t34-,35+,36-,37+,42-,43-,44+,45+,46-,47+,48-,49+,50+,55+,56+,57-,58+,59-,60+,61+,62+,63+,64+,65-/m1/s1. The van der Waals surface area contributed by atoms with E-state index in [1.807, 2.05) is 0 Å². The van der Waals surface area contributed by atoms with Gasteiger partial charge in [-0.2, -0.15) is 0 Å². The van der Waals surface area contributed by atoms with Crippen LogP contribution in [0.1, 0.15) is 88.0 Å². The van der Waals surface area contributed by atoms with Crippen molar-refractivity contribution in [2.24, 2.45) is 69.5 Å². The largest absolute Gasteiger partial charge is 0.392 e. The van der Waals surface area contributed by atoms with E-state index in [-0.39, 0.29) is 49.0 Å². The van der Waals surface area contributed by atoms with E-state index in [1.165, 1.54) is 75.5 Å². The van der Waals surface area contributed by atoms with Gasteiger partial charge in [-0.15, -0.1) is 0 Å². The molecule has 0 aromatic heterocycles. The lowest BCUT2D eigenvalue weighted by Gasteiger charge is -2.47. The van der Waals surface area contributed by atoms with Crippen molar-refractivity contribution in [3.8, 4) is 0 Å². The average molecular weight is 1190 g/mol. The summed E-state index contributed by atoms with van der Waals surface area (Å²) in [5.74, 6) is -12.4. The predicted octanol–water partition coefficient (Wildman–Crippen LogP) is 2.33. The molecule has 8 bridgehead atoms. The molecule has 20 nitrogen and oxygen atoms in total.